The number of rotatable bonds is 6. The van der Waals surface area contributed by atoms with E-state index < -0.39 is 12.8 Å². The van der Waals surface area contributed by atoms with Crippen LogP contribution in [0.4, 0.5) is 13.2 Å². The maximum absolute atomic E-state index is 11.8. The van der Waals surface area contributed by atoms with Crippen LogP contribution >= 0.6 is 0 Å². The molecule has 1 heterocycles. The van der Waals surface area contributed by atoms with E-state index in [1.807, 2.05) is 0 Å². The lowest BCUT2D eigenvalue weighted by Crippen LogP contribution is -2.46. The molecule has 1 aliphatic heterocycles. The van der Waals surface area contributed by atoms with Crippen molar-refractivity contribution in [3.63, 3.8) is 0 Å². The van der Waals surface area contributed by atoms with Crippen molar-refractivity contribution >= 4 is 0 Å². The van der Waals surface area contributed by atoms with Gasteiger partial charge in [0.25, 0.3) is 0 Å². The maximum Gasteiger partial charge on any atom is 0.411 e. The summed E-state index contributed by atoms with van der Waals surface area (Å²) >= 11 is 0. The summed E-state index contributed by atoms with van der Waals surface area (Å²) in [5, 5.41) is 0. The molecular formula is C10H19F3N2O2. The van der Waals surface area contributed by atoms with E-state index in [1.165, 1.54) is 0 Å². The second-order valence-corrected chi connectivity index (χ2v) is 4.05. The molecule has 0 aliphatic carbocycles. The van der Waals surface area contributed by atoms with Gasteiger partial charge in [-0.05, 0) is 6.42 Å². The van der Waals surface area contributed by atoms with E-state index in [4.69, 9.17) is 10.5 Å². The van der Waals surface area contributed by atoms with Crippen molar-refractivity contribution in [3.8, 4) is 0 Å². The Hall–Kier alpha value is -0.370. The summed E-state index contributed by atoms with van der Waals surface area (Å²) in [7, 11) is 0. The van der Waals surface area contributed by atoms with E-state index in [9.17, 15) is 13.2 Å². The number of hydrogen-bond donors (Lipinski definition) is 1. The van der Waals surface area contributed by atoms with Crippen LogP contribution in [0.15, 0.2) is 0 Å². The molecule has 0 spiro atoms. The Labute approximate surface area is 98.8 Å². The van der Waals surface area contributed by atoms with Gasteiger partial charge in [-0.2, -0.15) is 13.2 Å². The molecule has 1 fully saturated rings. The lowest BCUT2D eigenvalue weighted by Gasteiger charge is -2.32. The minimum atomic E-state index is -4.23. The van der Waals surface area contributed by atoms with E-state index in [2.05, 4.69) is 9.64 Å². The number of alkyl halides is 3. The highest BCUT2D eigenvalue weighted by molar-refractivity contribution is 4.71. The van der Waals surface area contributed by atoms with Gasteiger partial charge in [0.05, 0.1) is 12.7 Å². The van der Waals surface area contributed by atoms with Crippen LogP contribution in [0.5, 0.6) is 0 Å². The van der Waals surface area contributed by atoms with Crippen LogP contribution < -0.4 is 5.73 Å². The number of morpholine rings is 1. The van der Waals surface area contributed by atoms with Gasteiger partial charge in [-0.1, -0.05) is 0 Å². The van der Waals surface area contributed by atoms with Crippen molar-refractivity contribution in [2.45, 2.75) is 18.7 Å². The Kier molecular flexibility index (Phi) is 6.18. The standard InChI is InChI=1S/C10H19F3N2O2/c11-10(12,13)8-16-4-1-2-15-3-5-17-9(6-14)7-15/h9H,1-8,14H2. The van der Waals surface area contributed by atoms with Crippen LogP contribution in [0.1, 0.15) is 6.42 Å². The third kappa shape index (κ3) is 6.82. The summed E-state index contributed by atoms with van der Waals surface area (Å²) in [6, 6.07) is 0. The average molecular weight is 256 g/mol. The van der Waals surface area contributed by atoms with Gasteiger partial charge in [0, 0.05) is 32.8 Å². The lowest BCUT2D eigenvalue weighted by atomic mass is 10.2. The summed E-state index contributed by atoms with van der Waals surface area (Å²) in [6.07, 6.45) is -3.60. The second kappa shape index (κ2) is 7.15. The van der Waals surface area contributed by atoms with Crippen LogP contribution in [-0.4, -0.2) is 63.2 Å². The fourth-order valence-corrected chi connectivity index (χ4v) is 1.70. The van der Waals surface area contributed by atoms with Crippen LogP contribution in [0, 0.1) is 0 Å². The molecule has 102 valence electrons. The first kappa shape index (κ1) is 14.7. The molecule has 1 aliphatic rings. The minimum Gasteiger partial charge on any atom is -0.374 e. The first-order chi connectivity index (χ1) is 8.01. The zero-order valence-electron chi connectivity index (χ0n) is 9.71. The highest BCUT2D eigenvalue weighted by Crippen LogP contribution is 2.14. The lowest BCUT2D eigenvalue weighted by molar-refractivity contribution is -0.174. The first-order valence-corrected chi connectivity index (χ1v) is 5.70. The van der Waals surface area contributed by atoms with Gasteiger partial charge in [-0.3, -0.25) is 4.90 Å². The normalized spacial score (nSPS) is 22.9. The molecule has 1 saturated heterocycles. The van der Waals surface area contributed by atoms with E-state index in [0.29, 0.717) is 19.6 Å². The predicted molar refractivity (Wildman–Crippen MR) is 56.7 cm³/mol. The largest absolute Gasteiger partial charge is 0.411 e. The van der Waals surface area contributed by atoms with Crippen molar-refractivity contribution in [2.24, 2.45) is 5.73 Å². The molecule has 0 aromatic heterocycles. The summed E-state index contributed by atoms with van der Waals surface area (Å²) < 4.78 is 45.2. The number of nitrogens with zero attached hydrogens (tertiary/aromatic N) is 1. The van der Waals surface area contributed by atoms with Crippen molar-refractivity contribution < 1.29 is 22.6 Å². The third-order valence-corrected chi connectivity index (χ3v) is 2.51. The van der Waals surface area contributed by atoms with Crippen LogP contribution in [0.3, 0.4) is 0 Å². The molecule has 0 aromatic carbocycles. The molecule has 1 rings (SSSR count). The second-order valence-electron chi connectivity index (χ2n) is 4.05. The maximum atomic E-state index is 11.8. The van der Waals surface area contributed by atoms with Gasteiger partial charge in [0.2, 0.25) is 0 Å². The number of halogens is 3. The number of nitrogens with two attached hydrogens (primary N) is 1. The fourth-order valence-electron chi connectivity index (χ4n) is 1.70. The van der Waals surface area contributed by atoms with E-state index in [1.54, 1.807) is 0 Å². The molecule has 0 amide bonds. The molecule has 0 bridgehead atoms. The summed E-state index contributed by atoms with van der Waals surface area (Å²) in [5.74, 6) is 0. The monoisotopic (exact) mass is 256 g/mol. The molecule has 0 saturated carbocycles. The van der Waals surface area contributed by atoms with Crippen LogP contribution in [0.2, 0.25) is 0 Å². The quantitative estimate of drug-likeness (QED) is 0.708. The molecule has 2 N–H and O–H groups in total. The third-order valence-electron chi connectivity index (χ3n) is 2.51. The smallest absolute Gasteiger partial charge is 0.374 e. The Morgan fingerprint density at radius 2 is 2.18 bits per heavy atom. The zero-order chi connectivity index (χ0) is 12.7. The van der Waals surface area contributed by atoms with Crippen molar-refractivity contribution in [2.75, 3.05) is 46.0 Å². The van der Waals surface area contributed by atoms with Crippen LogP contribution in [-0.2, 0) is 9.47 Å². The van der Waals surface area contributed by atoms with Crippen molar-refractivity contribution in [1.82, 2.24) is 4.90 Å². The van der Waals surface area contributed by atoms with Gasteiger partial charge in [-0.15, -0.1) is 0 Å². The fraction of sp³-hybridized carbons (Fsp3) is 1.00. The predicted octanol–water partition coefficient (Wildman–Crippen LogP) is 0.615. The molecular weight excluding hydrogens is 237 g/mol. The Balaban J connectivity index is 2.02. The molecule has 0 aromatic rings. The van der Waals surface area contributed by atoms with Gasteiger partial charge in [-0.25, -0.2) is 0 Å². The van der Waals surface area contributed by atoms with E-state index in [0.717, 1.165) is 19.6 Å². The first-order valence-electron chi connectivity index (χ1n) is 5.70. The van der Waals surface area contributed by atoms with Gasteiger partial charge >= 0.3 is 6.18 Å². The molecule has 7 heteroatoms. The van der Waals surface area contributed by atoms with Gasteiger partial charge in [0.15, 0.2) is 0 Å². The zero-order valence-corrected chi connectivity index (χ0v) is 9.71. The Bertz CT molecular complexity index is 214. The van der Waals surface area contributed by atoms with Crippen molar-refractivity contribution in [3.05, 3.63) is 0 Å². The topological polar surface area (TPSA) is 47.7 Å². The summed E-state index contributed by atoms with van der Waals surface area (Å²) in [6.45, 7) is 2.33. The molecule has 17 heavy (non-hydrogen) atoms. The SMILES string of the molecule is NCC1CN(CCCOCC(F)(F)F)CCO1. The van der Waals surface area contributed by atoms with E-state index in [-0.39, 0.29) is 12.7 Å². The minimum absolute atomic E-state index is 0.0415. The van der Waals surface area contributed by atoms with Gasteiger partial charge in [0.1, 0.15) is 6.61 Å². The van der Waals surface area contributed by atoms with E-state index >= 15 is 0 Å². The highest BCUT2D eigenvalue weighted by atomic mass is 19.4. The number of hydrogen-bond acceptors (Lipinski definition) is 4. The molecule has 1 atom stereocenters. The Morgan fingerprint density at radius 1 is 1.41 bits per heavy atom. The average Bonchev–Trinajstić information content (AvgIpc) is 2.27. The van der Waals surface area contributed by atoms with Gasteiger partial charge < -0.3 is 15.2 Å². The number of ether oxygens (including phenoxy) is 2. The highest BCUT2D eigenvalue weighted by Gasteiger charge is 2.27. The molecule has 0 radical (unpaired) electrons. The molecule has 4 nitrogen and oxygen atoms in total. The van der Waals surface area contributed by atoms with Crippen LogP contribution in [0.25, 0.3) is 0 Å². The Morgan fingerprint density at radius 3 is 2.82 bits per heavy atom. The summed E-state index contributed by atoms with van der Waals surface area (Å²) in [5.41, 5.74) is 5.49. The summed E-state index contributed by atoms with van der Waals surface area (Å²) in [4.78, 5) is 2.14. The molecule has 1 unspecified atom stereocenters. The van der Waals surface area contributed by atoms with Crippen molar-refractivity contribution in [1.29, 1.82) is 0 Å².